The molecule has 0 aliphatic carbocycles. The van der Waals surface area contributed by atoms with E-state index in [2.05, 4.69) is 68.9 Å². The molecule has 8 bridgehead atoms. The molecule has 8 heteroatoms. The number of hydrogen-bond acceptors (Lipinski definition) is 5. The van der Waals surface area contributed by atoms with Crippen molar-refractivity contribution in [2.24, 2.45) is 0 Å². The number of carbonyl (C=O) groups is 1. The summed E-state index contributed by atoms with van der Waals surface area (Å²) in [7, 11) is 1.43. The standard InChI is InChI=1S/C32H38N4O3.Cu/c1-8-21-17(3)27-14-30-23(15-37)19(5)26(35-30)13-28-18(4)22(9-10-31(38)39-7)32(36-28)20(6)25-11-16(2)24(33-25)12-29(21)34-27;/h11-14,18,22,34-35,37H,8-10,15H2,1-7H3;. The van der Waals surface area contributed by atoms with Gasteiger partial charge in [0, 0.05) is 74.3 Å². The minimum atomic E-state index is -0.214. The van der Waals surface area contributed by atoms with Crippen LogP contribution < -0.4 is 0 Å². The van der Waals surface area contributed by atoms with Crippen LogP contribution in [0.2, 0.25) is 0 Å². The predicted molar refractivity (Wildman–Crippen MR) is 156 cm³/mol. The summed E-state index contributed by atoms with van der Waals surface area (Å²) in [5.41, 5.74) is 14.1. The van der Waals surface area contributed by atoms with Crippen molar-refractivity contribution in [2.45, 2.75) is 79.2 Å². The van der Waals surface area contributed by atoms with E-state index in [0.717, 1.165) is 73.5 Å². The van der Waals surface area contributed by atoms with Crippen molar-refractivity contribution in [3.05, 3.63) is 68.8 Å². The number of aromatic nitrogens is 4. The molecule has 3 aromatic rings. The zero-order chi connectivity index (χ0) is 28.0. The third kappa shape index (κ3) is 5.16. The molecule has 0 saturated heterocycles. The van der Waals surface area contributed by atoms with Gasteiger partial charge in [-0.2, -0.15) is 0 Å². The van der Waals surface area contributed by atoms with Gasteiger partial charge in [0.1, 0.15) is 0 Å². The number of H-pyrrole nitrogens is 2. The van der Waals surface area contributed by atoms with E-state index in [1.54, 1.807) is 0 Å². The fourth-order valence-electron chi connectivity index (χ4n) is 6.03. The first-order valence-corrected chi connectivity index (χ1v) is 13.8. The Labute approximate surface area is 246 Å². The zero-order valence-electron chi connectivity index (χ0n) is 24.3. The van der Waals surface area contributed by atoms with Crippen molar-refractivity contribution in [3.63, 3.8) is 0 Å². The van der Waals surface area contributed by atoms with E-state index in [9.17, 15) is 9.90 Å². The molecule has 0 amide bonds. The van der Waals surface area contributed by atoms with Gasteiger partial charge in [0.05, 0.1) is 25.1 Å². The Balaban J connectivity index is 0.00000370. The molecule has 2 unspecified atom stereocenters. The van der Waals surface area contributed by atoms with Crippen LogP contribution in [0.25, 0.3) is 33.7 Å². The quantitative estimate of drug-likeness (QED) is 0.227. The molecule has 40 heavy (non-hydrogen) atoms. The van der Waals surface area contributed by atoms with Gasteiger partial charge in [-0.3, -0.25) is 9.78 Å². The molecule has 2 atom stereocenters. The van der Waals surface area contributed by atoms with Crippen LogP contribution in [-0.4, -0.2) is 38.1 Å². The summed E-state index contributed by atoms with van der Waals surface area (Å²) < 4.78 is 4.94. The summed E-state index contributed by atoms with van der Waals surface area (Å²) in [5.74, 6) is -0.0479. The maximum atomic E-state index is 12.1. The summed E-state index contributed by atoms with van der Waals surface area (Å²) in [6.45, 7) is 12.6. The van der Waals surface area contributed by atoms with Crippen LogP contribution in [0, 0.1) is 20.8 Å². The molecule has 215 valence electrons. The number of esters is 1. The number of aromatic amines is 2. The number of rotatable bonds is 5. The average molecular weight is 590 g/mol. The molecule has 2 aliphatic heterocycles. The summed E-state index contributed by atoms with van der Waals surface area (Å²) >= 11 is 0. The first-order chi connectivity index (χ1) is 18.7. The summed E-state index contributed by atoms with van der Waals surface area (Å²) in [4.78, 5) is 29.4. The van der Waals surface area contributed by atoms with Gasteiger partial charge in [-0.15, -0.1) is 0 Å². The minimum Gasteiger partial charge on any atom is -0.469 e. The maximum Gasteiger partial charge on any atom is 0.305 e. The topological polar surface area (TPSA) is 104 Å². The van der Waals surface area contributed by atoms with Crippen molar-refractivity contribution < 1.29 is 31.7 Å². The smallest absolute Gasteiger partial charge is 0.305 e. The maximum absolute atomic E-state index is 12.1. The molecule has 0 fully saturated rings. The molecule has 1 radical (unpaired) electrons. The zero-order valence-corrected chi connectivity index (χ0v) is 25.2. The van der Waals surface area contributed by atoms with Crippen LogP contribution in [-0.2, 0) is 39.6 Å². The number of allylic oxidation sites excluding steroid dienone is 1. The number of aliphatic hydroxyl groups excluding tert-OH is 1. The largest absolute Gasteiger partial charge is 0.469 e. The molecular weight excluding hydrogens is 552 g/mol. The van der Waals surface area contributed by atoms with E-state index in [0.29, 0.717) is 12.8 Å². The number of ether oxygens (including phenoxy) is 1. The Bertz CT molecular complexity index is 1660. The van der Waals surface area contributed by atoms with Gasteiger partial charge in [-0.25, -0.2) is 4.98 Å². The first kappa shape index (κ1) is 29.8. The van der Waals surface area contributed by atoms with E-state index in [-0.39, 0.29) is 41.5 Å². The molecule has 5 rings (SSSR count). The van der Waals surface area contributed by atoms with E-state index in [1.807, 2.05) is 6.92 Å². The number of carbonyl (C=O) groups excluding carboxylic acids is 1. The average Bonchev–Trinajstić information content (AvgIpc) is 3.61. The van der Waals surface area contributed by atoms with Crippen molar-refractivity contribution >= 4 is 39.7 Å². The summed E-state index contributed by atoms with van der Waals surface area (Å²) in [6.07, 6.45) is 4.01. The molecule has 2 aliphatic rings. The van der Waals surface area contributed by atoms with Crippen molar-refractivity contribution in [3.8, 4) is 0 Å². The molecule has 0 aromatic carbocycles. The van der Waals surface area contributed by atoms with Gasteiger partial charge in [-0.1, -0.05) is 13.8 Å². The van der Waals surface area contributed by atoms with Crippen LogP contribution in [0.1, 0.15) is 96.0 Å². The van der Waals surface area contributed by atoms with Crippen molar-refractivity contribution in [1.29, 1.82) is 0 Å². The fraction of sp³-hybridized carbons (Fsp3) is 0.406. The number of aryl methyl sites for hydroxylation is 3. The Hall–Kier alpha value is -3.19. The molecular formula is C32H38CuN4O3. The molecule has 3 aromatic heterocycles. The summed E-state index contributed by atoms with van der Waals surface area (Å²) in [5, 5.41) is 10.3. The monoisotopic (exact) mass is 589 g/mol. The number of nitrogens with one attached hydrogen (secondary N) is 2. The van der Waals surface area contributed by atoms with Crippen LogP contribution in [0.3, 0.4) is 0 Å². The van der Waals surface area contributed by atoms with Gasteiger partial charge in [0.15, 0.2) is 0 Å². The van der Waals surface area contributed by atoms with E-state index in [4.69, 9.17) is 14.7 Å². The Morgan fingerprint density at radius 3 is 2.25 bits per heavy atom. The number of methoxy groups -OCH3 is 1. The van der Waals surface area contributed by atoms with Crippen molar-refractivity contribution in [2.75, 3.05) is 7.11 Å². The normalized spacial score (nSPS) is 16.4. The van der Waals surface area contributed by atoms with Crippen LogP contribution in [0.5, 0.6) is 0 Å². The van der Waals surface area contributed by atoms with Crippen LogP contribution in [0.4, 0.5) is 0 Å². The second kappa shape index (κ2) is 11.7. The van der Waals surface area contributed by atoms with Gasteiger partial charge < -0.3 is 19.8 Å². The van der Waals surface area contributed by atoms with Gasteiger partial charge >= 0.3 is 5.97 Å². The predicted octanol–water partition coefficient (Wildman–Crippen LogP) is 6.69. The third-order valence-electron chi connectivity index (χ3n) is 8.60. The number of fused-ring (bicyclic) bond motifs is 8. The second-order valence-electron chi connectivity index (χ2n) is 10.8. The van der Waals surface area contributed by atoms with Crippen LogP contribution >= 0.6 is 0 Å². The number of aliphatic hydroxyl groups is 1. The van der Waals surface area contributed by atoms with Gasteiger partial charge in [0.2, 0.25) is 0 Å². The molecule has 3 N–H and O–H groups in total. The molecule has 0 saturated carbocycles. The fourth-order valence-corrected chi connectivity index (χ4v) is 6.03. The number of nitrogens with zero attached hydrogens (tertiary/aromatic N) is 2. The van der Waals surface area contributed by atoms with Crippen LogP contribution in [0.15, 0.2) is 18.2 Å². The Kier molecular flexibility index (Phi) is 8.74. The first-order valence-electron chi connectivity index (χ1n) is 13.8. The van der Waals surface area contributed by atoms with E-state index < -0.39 is 0 Å². The minimum absolute atomic E-state index is 0. The van der Waals surface area contributed by atoms with E-state index in [1.165, 1.54) is 18.2 Å². The molecule has 5 heterocycles. The summed E-state index contributed by atoms with van der Waals surface area (Å²) in [6, 6.07) is 6.33. The van der Waals surface area contributed by atoms with Gasteiger partial charge in [0.25, 0.3) is 0 Å². The molecule has 7 nitrogen and oxygen atoms in total. The Morgan fingerprint density at radius 1 is 0.950 bits per heavy atom. The molecule has 0 spiro atoms. The Morgan fingerprint density at radius 2 is 1.60 bits per heavy atom. The number of hydrogen-bond donors (Lipinski definition) is 3. The SMILES string of the molecule is CCc1c(C)c2cc3[nH]c(cc4nc(c(C)c5nc(cc1[nH]2)C(C)=C5)C(CCC(=O)OC)C4C)c(C)c3CO.[Cu]. The van der Waals surface area contributed by atoms with E-state index >= 15 is 0 Å². The van der Waals surface area contributed by atoms with Gasteiger partial charge in [-0.05, 0) is 92.6 Å². The van der Waals surface area contributed by atoms with Crippen molar-refractivity contribution in [1.82, 2.24) is 19.9 Å². The second-order valence-corrected chi connectivity index (χ2v) is 10.8. The third-order valence-corrected chi connectivity index (χ3v) is 8.60.